The van der Waals surface area contributed by atoms with Gasteiger partial charge in [-0.1, -0.05) is 30.7 Å². The van der Waals surface area contributed by atoms with E-state index in [1.807, 2.05) is 12.1 Å². The highest BCUT2D eigenvalue weighted by molar-refractivity contribution is 7.89. The molecule has 1 aliphatic rings. The van der Waals surface area contributed by atoms with Gasteiger partial charge in [0.1, 0.15) is 5.75 Å². The van der Waals surface area contributed by atoms with E-state index in [0.29, 0.717) is 55.2 Å². The van der Waals surface area contributed by atoms with Crippen LogP contribution in [0.1, 0.15) is 42.1 Å². The average Bonchev–Trinajstić information content (AvgIpc) is 2.93. The molecule has 2 aromatic rings. The highest BCUT2D eigenvalue weighted by atomic mass is 35.5. The SMILES string of the molecule is CCCS(=O)(=O)N(CCOC)CC(=O)N(Cc1cccc(Cl)c1)C1CCN(C(=O)c2ccc(OC)cc2)CC1. The number of halogens is 1. The Labute approximate surface area is 236 Å². The topological polar surface area (TPSA) is 96.5 Å². The average molecular weight is 580 g/mol. The Morgan fingerprint density at radius 3 is 2.36 bits per heavy atom. The summed E-state index contributed by atoms with van der Waals surface area (Å²) >= 11 is 6.20. The summed E-state index contributed by atoms with van der Waals surface area (Å²) in [6, 6.07) is 14.1. The van der Waals surface area contributed by atoms with E-state index < -0.39 is 10.0 Å². The molecule has 2 aromatic carbocycles. The Balaban J connectivity index is 1.77. The van der Waals surface area contributed by atoms with Crippen LogP contribution >= 0.6 is 11.6 Å². The molecule has 39 heavy (non-hydrogen) atoms. The quantitative estimate of drug-likeness (QED) is 0.359. The lowest BCUT2D eigenvalue weighted by molar-refractivity contribution is -0.135. The maximum Gasteiger partial charge on any atom is 0.253 e. The third-order valence-corrected chi connectivity index (χ3v) is 9.06. The molecule has 0 unspecified atom stereocenters. The molecule has 0 aliphatic carbocycles. The van der Waals surface area contributed by atoms with Gasteiger partial charge in [-0.05, 0) is 61.2 Å². The first-order valence-corrected chi connectivity index (χ1v) is 15.1. The number of likely N-dealkylation sites (tertiary alicyclic amines) is 1. The lowest BCUT2D eigenvalue weighted by Gasteiger charge is -2.39. The summed E-state index contributed by atoms with van der Waals surface area (Å²) in [5.74, 6) is 0.288. The van der Waals surface area contributed by atoms with E-state index in [1.54, 1.807) is 60.2 Å². The molecular weight excluding hydrogens is 542 g/mol. The van der Waals surface area contributed by atoms with Crippen LogP contribution in [0, 0.1) is 0 Å². The second kappa shape index (κ2) is 14.6. The van der Waals surface area contributed by atoms with Crippen molar-refractivity contribution in [2.24, 2.45) is 0 Å². The molecule has 11 heteroatoms. The molecule has 1 fully saturated rings. The highest BCUT2D eigenvalue weighted by Crippen LogP contribution is 2.23. The lowest BCUT2D eigenvalue weighted by Crippen LogP contribution is -2.51. The van der Waals surface area contributed by atoms with Crippen LogP contribution in [-0.4, -0.2) is 93.1 Å². The molecule has 1 aliphatic heterocycles. The van der Waals surface area contributed by atoms with Crippen molar-refractivity contribution in [3.8, 4) is 5.75 Å². The third kappa shape index (κ3) is 8.66. The summed E-state index contributed by atoms with van der Waals surface area (Å²) in [4.78, 5) is 30.3. The van der Waals surface area contributed by atoms with Gasteiger partial charge >= 0.3 is 0 Å². The van der Waals surface area contributed by atoms with Crippen molar-refractivity contribution in [3.05, 3.63) is 64.7 Å². The van der Waals surface area contributed by atoms with Crippen molar-refractivity contribution in [3.63, 3.8) is 0 Å². The first-order chi connectivity index (χ1) is 18.7. The van der Waals surface area contributed by atoms with Gasteiger partial charge in [-0.3, -0.25) is 9.59 Å². The van der Waals surface area contributed by atoms with Gasteiger partial charge in [-0.2, -0.15) is 4.31 Å². The van der Waals surface area contributed by atoms with Crippen LogP contribution in [0.5, 0.6) is 5.75 Å². The molecule has 0 bridgehead atoms. The van der Waals surface area contributed by atoms with Crippen molar-refractivity contribution >= 4 is 33.4 Å². The molecule has 3 rings (SSSR count). The molecule has 0 saturated carbocycles. The number of hydrogen-bond acceptors (Lipinski definition) is 6. The minimum Gasteiger partial charge on any atom is -0.497 e. The van der Waals surface area contributed by atoms with Gasteiger partial charge in [0.2, 0.25) is 15.9 Å². The van der Waals surface area contributed by atoms with Crippen LogP contribution in [0.4, 0.5) is 0 Å². The summed E-state index contributed by atoms with van der Waals surface area (Å²) in [6.07, 6.45) is 1.61. The summed E-state index contributed by atoms with van der Waals surface area (Å²) in [7, 11) is -0.540. The van der Waals surface area contributed by atoms with Crippen molar-refractivity contribution < 1.29 is 27.5 Å². The fourth-order valence-corrected chi connectivity index (χ4v) is 6.33. The maximum atomic E-state index is 13.7. The van der Waals surface area contributed by atoms with Gasteiger partial charge in [-0.25, -0.2) is 8.42 Å². The molecule has 0 N–H and O–H groups in total. The number of benzene rings is 2. The number of carbonyl (C=O) groups excluding carboxylic acids is 2. The van der Waals surface area contributed by atoms with Crippen LogP contribution in [0.15, 0.2) is 48.5 Å². The van der Waals surface area contributed by atoms with E-state index in [0.717, 1.165) is 5.56 Å². The van der Waals surface area contributed by atoms with Gasteiger partial charge in [0.05, 0.1) is 26.0 Å². The number of methoxy groups -OCH3 is 2. The number of piperidine rings is 1. The van der Waals surface area contributed by atoms with E-state index in [9.17, 15) is 18.0 Å². The zero-order valence-corrected chi connectivity index (χ0v) is 24.4. The Morgan fingerprint density at radius 2 is 1.77 bits per heavy atom. The highest BCUT2D eigenvalue weighted by Gasteiger charge is 2.33. The van der Waals surface area contributed by atoms with Crippen molar-refractivity contribution in [2.45, 2.75) is 38.8 Å². The standard InChI is InChI=1S/C28H38ClN3O6S/c1-4-18-39(35,36)31(16-17-37-2)21-27(33)32(20-22-6-5-7-24(29)19-22)25-12-14-30(15-13-25)28(34)23-8-10-26(38-3)11-9-23/h5-11,19,25H,4,12-18,20-21H2,1-3H3. The maximum absolute atomic E-state index is 13.7. The Bertz CT molecular complexity index is 1200. The molecule has 214 valence electrons. The molecule has 0 spiro atoms. The molecule has 1 saturated heterocycles. The minimum atomic E-state index is -3.62. The van der Waals surface area contributed by atoms with Crippen LogP contribution in [0.25, 0.3) is 0 Å². The lowest BCUT2D eigenvalue weighted by atomic mass is 10.0. The van der Waals surface area contributed by atoms with Crippen LogP contribution in [0.2, 0.25) is 5.02 Å². The number of nitrogens with zero attached hydrogens (tertiary/aromatic N) is 3. The predicted octanol–water partition coefficient (Wildman–Crippen LogP) is 3.67. The molecular formula is C28H38ClN3O6S. The Kier molecular flexibility index (Phi) is 11.6. The number of hydrogen-bond donors (Lipinski definition) is 0. The zero-order chi connectivity index (χ0) is 28.4. The van der Waals surface area contributed by atoms with E-state index in [2.05, 4.69) is 0 Å². The normalized spacial score (nSPS) is 14.4. The van der Waals surface area contributed by atoms with E-state index >= 15 is 0 Å². The number of ether oxygens (including phenoxy) is 2. The molecule has 1 heterocycles. The second-order valence-electron chi connectivity index (χ2n) is 9.55. The second-order valence-corrected chi connectivity index (χ2v) is 12.1. The Hall–Kier alpha value is -2.66. The van der Waals surface area contributed by atoms with Crippen LogP contribution < -0.4 is 4.74 Å². The minimum absolute atomic E-state index is 0.0376. The largest absolute Gasteiger partial charge is 0.497 e. The first kappa shape index (κ1) is 30.9. The predicted molar refractivity (Wildman–Crippen MR) is 151 cm³/mol. The number of sulfonamides is 1. The zero-order valence-electron chi connectivity index (χ0n) is 22.8. The molecule has 9 nitrogen and oxygen atoms in total. The molecule has 0 atom stereocenters. The van der Waals surface area contributed by atoms with Gasteiger partial charge < -0.3 is 19.3 Å². The smallest absolute Gasteiger partial charge is 0.253 e. The summed E-state index contributed by atoms with van der Waals surface area (Å²) in [6.45, 7) is 3.08. The first-order valence-electron chi connectivity index (χ1n) is 13.1. The van der Waals surface area contributed by atoms with Crippen LogP contribution in [-0.2, 0) is 26.1 Å². The van der Waals surface area contributed by atoms with E-state index in [-0.39, 0.29) is 43.3 Å². The fourth-order valence-electron chi connectivity index (χ4n) is 4.69. The molecule has 2 amide bonds. The van der Waals surface area contributed by atoms with Crippen molar-refractivity contribution in [1.29, 1.82) is 0 Å². The van der Waals surface area contributed by atoms with Gasteiger partial charge in [0, 0.05) is 49.9 Å². The van der Waals surface area contributed by atoms with E-state index in [1.165, 1.54) is 11.4 Å². The van der Waals surface area contributed by atoms with E-state index in [4.69, 9.17) is 21.1 Å². The number of rotatable bonds is 13. The Morgan fingerprint density at radius 1 is 1.08 bits per heavy atom. The van der Waals surface area contributed by atoms with Gasteiger partial charge in [0.25, 0.3) is 5.91 Å². The summed E-state index contributed by atoms with van der Waals surface area (Å²) < 4.78 is 37.3. The fraction of sp³-hybridized carbons (Fsp3) is 0.500. The van der Waals surface area contributed by atoms with Crippen LogP contribution in [0.3, 0.4) is 0 Å². The summed E-state index contributed by atoms with van der Waals surface area (Å²) in [5, 5.41) is 0.562. The monoisotopic (exact) mass is 579 g/mol. The molecule has 0 radical (unpaired) electrons. The summed E-state index contributed by atoms with van der Waals surface area (Å²) in [5.41, 5.74) is 1.43. The van der Waals surface area contributed by atoms with Gasteiger partial charge in [-0.15, -0.1) is 0 Å². The third-order valence-electron chi connectivity index (χ3n) is 6.80. The van der Waals surface area contributed by atoms with Crippen molar-refractivity contribution in [2.75, 3.05) is 52.8 Å². The number of carbonyl (C=O) groups is 2. The number of amides is 2. The van der Waals surface area contributed by atoms with Gasteiger partial charge in [0.15, 0.2) is 0 Å². The van der Waals surface area contributed by atoms with Crippen molar-refractivity contribution in [1.82, 2.24) is 14.1 Å². The molecule has 0 aromatic heterocycles.